The van der Waals surface area contributed by atoms with Gasteiger partial charge in [0.05, 0.1) is 0 Å². The van der Waals surface area contributed by atoms with E-state index in [1.54, 1.807) is 12.1 Å². The molecule has 0 bridgehead atoms. The maximum Gasteiger partial charge on any atom is 0.229 e. The lowest BCUT2D eigenvalue weighted by atomic mass is 10.1. The Morgan fingerprint density at radius 3 is 2.58 bits per heavy atom. The number of aromatic nitrogens is 2. The molecule has 1 heterocycles. The average Bonchev–Trinajstić information content (AvgIpc) is 2.53. The van der Waals surface area contributed by atoms with Crippen LogP contribution in [0.25, 0.3) is 0 Å². The smallest absolute Gasteiger partial charge is 0.229 e. The van der Waals surface area contributed by atoms with Crippen molar-refractivity contribution in [2.45, 2.75) is 20.4 Å². The molecule has 0 amide bonds. The molecule has 4 nitrogen and oxygen atoms in total. The quantitative estimate of drug-likeness (QED) is 0.721. The topological polar surface area (TPSA) is 49.8 Å². The number of aryl methyl sites for hydroxylation is 2. The standard InChI is InChI=1S/C19H19FN4/c1-13-6-3-4-7-15(13)12-21-18-10-14(2)22-19(24-18)23-17-9-5-8-16(20)11-17/h3-11H,12H2,1-2H3,(H2,21,22,23,24). The van der Waals surface area contributed by atoms with Crippen LogP contribution in [-0.4, -0.2) is 9.97 Å². The lowest BCUT2D eigenvalue weighted by molar-refractivity contribution is 0.628. The van der Waals surface area contributed by atoms with Crippen LogP contribution in [0.1, 0.15) is 16.8 Å². The first-order valence-corrected chi connectivity index (χ1v) is 7.77. The molecule has 0 saturated heterocycles. The second-order valence-corrected chi connectivity index (χ2v) is 5.63. The predicted octanol–water partition coefficient (Wildman–Crippen LogP) is 4.59. The van der Waals surface area contributed by atoms with Gasteiger partial charge in [-0.15, -0.1) is 0 Å². The second kappa shape index (κ2) is 7.08. The Hall–Kier alpha value is -2.95. The second-order valence-electron chi connectivity index (χ2n) is 5.63. The molecule has 0 spiro atoms. The van der Waals surface area contributed by atoms with Crippen LogP contribution in [-0.2, 0) is 6.54 Å². The van der Waals surface area contributed by atoms with Gasteiger partial charge in [0.1, 0.15) is 11.6 Å². The normalized spacial score (nSPS) is 10.5. The number of halogens is 1. The number of rotatable bonds is 5. The minimum absolute atomic E-state index is 0.300. The molecule has 0 fully saturated rings. The van der Waals surface area contributed by atoms with E-state index < -0.39 is 0 Å². The Morgan fingerprint density at radius 2 is 1.79 bits per heavy atom. The zero-order valence-corrected chi connectivity index (χ0v) is 13.7. The highest BCUT2D eigenvalue weighted by Gasteiger charge is 2.04. The van der Waals surface area contributed by atoms with Crippen LogP contribution < -0.4 is 10.6 Å². The van der Waals surface area contributed by atoms with Gasteiger partial charge in [0.25, 0.3) is 0 Å². The third-order valence-corrected chi connectivity index (χ3v) is 3.66. The molecule has 3 aromatic rings. The van der Waals surface area contributed by atoms with E-state index in [1.807, 2.05) is 25.1 Å². The van der Waals surface area contributed by atoms with Gasteiger partial charge < -0.3 is 10.6 Å². The van der Waals surface area contributed by atoms with E-state index in [0.717, 1.165) is 11.5 Å². The van der Waals surface area contributed by atoms with Crippen LogP contribution in [0.2, 0.25) is 0 Å². The molecule has 0 saturated carbocycles. The number of benzene rings is 2. The van der Waals surface area contributed by atoms with Gasteiger partial charge in [0.15, 0.2) is 0 Å². The molecule has 0 aliphatic rings. The van der Waals surface area contributed by atoms with Crippen LogP contribution in [0.5, 0.6) is 0 Å². The molecular weight excluding hydrogens is 303 g/mol. The van der Waals surface area contributed by atoms with E-state index in [1.165, 1.54) is 23.3 Å². The summed E-state index contributed by atoms with van der Waals surface area (Å²) in [4.78, 5) is 8.79. The summed E-state index contributed by atoms with van der Waals surface area (Å²) < 4.78 is 13.3. The molecule has 24 heavy (non-hydrogen) atoms. The van der Waals surface area contributed by atoms with Gasteiger partial charge in [-0.05, 0) is 43.2 Å². The van der Waals surface area contributed by atoms with E-state index in [9.17, 15) is 4.39 Å². The van der Waals surface area contributed by atoms with Gasteiger partial charge >= 0.3 is 0 Å². The van der Waals surface area contributed by atoms with E-state index in [-0.39, 0.29) is 5.82 Å². The summed E-state index contributed by atoms with van der Waals surface area (Å²) in [5, 5.41) is 6.35. The number of anilines is 3. The van der Waals surface area contributed by atoms with Crippen molar-refractivity contribution in [3.63, 3.8) is 0 Å². The highest BCUT2D eigenvalue weighted by Crippen LogP contribution is 2.17. The van der Waals surface area contributed by atoms with Crippen LogP contribution in [0.3, 0.4) is 0 Å². The van der Waals surface area contributed by atoms with Crippen molar-refractivity contribution in [2.24, 2.45) is 0 Å². The number of hydrogen-bond donors (Lipinski definition) is 2. The lowest BCUT2D eigenvalue weighted by Gasteiger charge is -2.11. The highest BCUT2D eigenvalue weighted by atomic mass is 19.1. The highest BCUT2D eigenvalue weighted by molar-refractivity contribution is 5.55. The third-order valence-electron chi connectivity index (χ3n) is 3.66. The molecule has 2 N–H and O–H groups in total. The van der Waals surface area contributed by atoms with Crippen LogP contribution >= 0.6 is 0 Å². The molecule has 2 aromatic carbocycles. The minimum atomic E-state index is -0.300. The average molecular weight is 322 g/mol. The number of hydrogen-bond acceptors (Lipinski definition) is 4. The summed E-state index contributed by atoms with van der Waals surface area (Å²) in [5.41, 5.74) is 3.89. The van der Waals surface area contributed by atoms with Crippen molar-refractivity contribution in [2.75, 3.05) is 10.6 Å². The Bertz CT molecular complexity index is 848. The Kier molecular flexibility index (Phi) is 4.70. The molecule has 0 radical (unpaired) electrons. The molecular formula is C19H19FN4. The summed E-state index contributed by atoms with van der Waals surface area (Å²) in [6.45, 7) is 4.67. The summed E-state index contributed by atoms with van der Waals surface area (Å²) in [6.07, 6.45) is 0. The predicted molar refractivity (Wildman–Crippen MR) is 95.0 cm³/mol. The van der Waals surface area contributed by atoms with E-state index in [4.69, 9.17) is 0 Å². The zero-order chi connectivity index (χ0) is 16.9. The third kappa shape index (κ3) is 4.07. The van der Waals surface area contributed by atoms with Gasteiger partial charge in [0, 0.05) is 24.0 Å². The molecule has 0 unspecified atom stereocenters. The first-order valence-electron chi connectivity index (χ1n) is 7.77. The van der Waals surface area contributed by atoms with Crippen LogP contribution in [0.15, 0.2) is 54.6 Å². The first-order chi connectivity index (χ1) is 11.6. The van der Waals surface area contributed by atoms with Gasteiger partial charge in [-0.3, -0.25) is 0 Å². The fourth-order valence-electron chi connectivity index (χ4n) is 2.40. The van der Waals surface area contributed by atoms with Crippen molar-refractivity contribution in [1.29, 1.82) is 0 Å². The maximum absolute atomic E-state index is 13.3. The molecule has 0 aliphatic heterocycles. The van der Waals surface area contributed by atoms with Crippen LogP contribution in [0, 0.1) is 19.7 Å². The maximum atomic E-state index is 13.3. The summed E-state index contributed by atoms with van der Waals surface area (Å²) in [5.74, 6) is 0.864. The summed E-state index contributed by atoms with van der Waals surface area (Å²) >= 11 is 0. The SMILES string of the molecule is Cc1cc(NCc2ccccc2C)nc(Nc2cccc(F)c2)n1. The van der Waals surface area contributed by atoms with Crippen molar-refractivity contribution in [3.8, 4) is 0 Å². The first kappa shape index (κ1) is 15.9. The van der Waals surface area contributed by atoms with Crippen molar-refractivity contribution < 1.29 is 4.39 Å². The van der Waals surface area contributed by atoms with Crippen molar-refractivity contribution >= 4 is 17.5 Å². The lowest BCUT2D eigenvalue weighted by Crippen LogP contribution is -2.06. The number of nitrogens with one attached hydrogen (secondary N) is 2. The molecule has 0 aliphatic carbocycles. The van der Waals surface area contributed by atoms with Gasteiger partial charge in [0.2, 0.25) is 5.95 Å². The summed E-state index contributed by atoms with van der Waals surface area (Å²) in [7, 11) is 0. The molecule has 1 aromatic heterocycles. The monoisotopic (exact) mass is 322 g/mol. The Morgan fingerprint density at radius 1 is 0.958 bits per heavy atom. The Labute approximate surface area is 140 Å². The van der Waals surface area contributed by atoms with Gasteiger partial charge in [-0.1, -0.05) is 30.3 Å². The summed E-state index contributed by atoms with van der Waals surface area (Å²) in [6, 6.07) is 16.3. The van der Waals surface area contributed by atoms with E-state index >= 15 is 0 Å². The number of nitrogens with zero attached hydrogens (tertiary/aromatic N) is 2. The zero-order valence-electron chi connectivity index (χ0n) is 13.7. The van der Waals surface area contributed by atoms with Crippen molar-refractivity contribution in [1.82, 2.24) is 9.97 Å². The molecule has 0 atom stereocenters. The fourth-order valence-corrected chi connectivity index (χ4v) is 2.40. The van der Waals surface area contributed by atoms with Crippen molar-refractivity contribution in [3.05, 3.63) is 77.2 Å². The van der Waals surface area contributed by atoms with Gasteiger partial charge in [-0.2, -0.15) is 4.98 Å². The molecule has 3 rings (SSSR count). The fraction of sp³-hybridized carbons (Fsp3) is 0.158. The van der Waals surface area contributed by atoms with Crippen LogP contribution in [0.4, 0.5) is 21.8 Å². The van der Waals surface area contributed by atoms with Gasteiger partial charge in [-0.25, -0.2) is 9.37 Å². The molecule has 122 valence electrons. The molecule has 5 heteroatoms. The van der Waals surface area contributed by atoms with E-state index in [0.29, 0.717) is 18.2 Å². The minimum Gasteiger partial charge on any atom is -0.366 e. The Balaban J connectivity index is 1.75. The van der Waals surface area contributed by atoms with E-state index in [2.05, 4.69) is 39.7 Å². The largest absolute Gasteiger partial charge is 0.366 e.